The minimum Gasteiger partial charge on any atom is -1.00 e. The summed E-state index contributed by atoms with van der Waals surface area (Å²) < 4.78 is 0.954. The Morgan fingerprint density at radius 3 is 2.48 bits per heavy atom. The minimum atomic E-state index is -0.377. The number of nitrogens with zero attached hydrogens (tertiary/aromatic N) is 3. The maximum atomic E-state index is 12.3. The van der Waals surface area contributed by atoms with Crippen molar-refractivity contribution < 1.29 is 33.3 Å². The largest absolute Gasteiger partial charge is 1.00 e. The Kier molecular flexibility index (Phi) is 8.47. The van der Waals surface area contributed by atoms with Crippen LogP contribution in [0.25, 0.3) is 0 Å². The molecule has 0 unspecified atom stereocenters. The van der Waals surface area contributed by atoms with E-state index in [1.54, 1.807) is 0 Å². The third kappa shape index (κ3) is 6.42. The number of likely N-dealkylation sites (N-methyl/N-ethyl adjacent to an activating group) is 1. The molecule has 1 aliphatic heterocycles. The first kappa shape index (κ1) is 23.6. The van der Waals surface area contributed by atoms with Gasteiger partial charge in [0.05, 0.1) is 33.2 Å². The lowest BCUT2D eigenvalue weighted by Gasteiger charge is -2.40. The molecule has 0 atom stereocenters. The molecule has 3 rings (SSSR count). The van der Waals surface area contributed by atoms with Crippen LogP contribution in [0.2, 0.25) is 5.15 Å². The highest BCUT2D eigenvalue weighted by Gasteiger charge is 2.30. The van der Waals surface area contributed by atoms with Gasteiger partial charge in [-0.05, 0) is 30.7 Å². The van der Waals surface area contributed by atoms with E-state index in [1.807, 2.05) is 0 Å². The zero-order valence-corrected chi connectivity index (χ0v) is 19.5. The molecule has 1 fully saturated rings. The number of hydrogen-bond acceptors (Lipinski definition) is 5. The first-order valence-corrected chi connectivity index (χ1v) is 9.98. The molecular weight excluding hydrogens is 503 g/mol. The van der Waals surface area contributed by atoms with Crippen molar-refractivity contribution in [1.29, 1.82) is 0 Å². The second kappa shape index (κ2) is 10.4. The molecule has 2 heterocycles. The summed E-state index contributed by atoms with van der Waals surface area (Å²) in [5.41, 5.74) is 12.7. The topological polar surface area (TPSA) is 107 Å². The predicted molar refractivity (Wildman–Crippen MR) is 112 cm³/mol. The number of halogens is 2. The third-order valence-corrected chi connectivity index (χ3v) is 5.86. The lowest BCUT2D eigenvalue weighted by Crippen LogP contribution is -3.00. The van der Waals surface area contributed by atoms with Gasteiger partial charge in [-0.15, -0.1) is 0 Å². The van der Waals surface area contributed by atoms with E-state index < -0.39 is 0 Å². The van der Waals surface area contributed by atoms with Crippen LogP contribution in [-0.4, -0.2) is 53.6 Å². The number of amides is 1. The monoisotopic (exact) mass is 530 g/mol. The van der Waals surface area contributed by atoms with E-state index in [0.717, 1.165) is 36.5 Å². The third-order valence-electron chi connectivity index (χ3n) is 5.58. The fraction of sp³-hybridized carbons (Fsp3) is 0.450. The molecule has 0 radical (unpaired) electrons. The molecule has 29 heavy (non-hydrogen) atoms. The Morgan fingerprint density at radius 2 is 1.83 bits per heavy atom. The smallest absolute Gasteiger partial charge is 0.273 e. The van der Waals surface area contributed by atoms with Crippen LogP contribution in [0, 0.1) is 5.92 Å². The van der Waals surface area contributed by atoms with E-state index in [-0.39, 0.29) is 52.4 Å². The van der Waals surface area contributed by atoms with Crippen molar-refractivity contribution in [1.82, 2.24) is 15.3 Å². The number of quaternary nitrogens is 1. The average molecular weight is 531 g/mol. The van der Waals surface area contributed by atoms with E-state index in [2.05, 4.69) is 52.7 Å². The molecule has 0 aliphatic carbocycles. The first-order valence-electron chi connectivity index (χ1n) is 9.60. The van der Waals surface area contributed by atoms with Crippen molar-refractivity contribution in [3.05, 3.63) is 46.7 Å². The molecule has 158 valence electrons. The van der Waals surface area contributed by atoms with E-state index in [9.17, 15) is 4.79 Å². The SMILES string of the molecule is C[N+]1(CCNC(=O)c2nc(Cl)c(N)nc2N)CCC(Cc2ccccc2)CC1.[I-]. The minimum absolute atomic E-state index is 0. The van der Waals surface area contributed by atoms with Crippen LogP contribution in [-0.2, 0) is 6.42 Å². The Bertz CT molecular complexity index is 827. The van der Waals surface area contributed by atoms with E-state index >= 15 is 0 Å². The molecular formula is C20H28ClIN6O. The normalized spacial score (nSPS) is 21.2. The lowest BCUT2D eigenvalue weighted by molar-refractivity contribution is -0.914. The van der Waals surface area contributed by atoms with Crippen LogP contribution in [0.1, 0.15) is 28.9 Å². The zero-order chi connectivity index (χ0) is 20.1. The molecule has 1 aromatic carbocycles. The van der Waals surface area contributed by atoms with Crippen molar-refractivity contribution >= 4 is 29.1 Å². The molecule has 0 saturated carbocycles. The zero-order valence-electron chi connectivity index (χ0n) is 16.6. The number of aromatic nitrogens is 2. The summed E-state index contributed by atoms with van der Waals surface area (Å²) >= 11 is 5.84. The number of carbonyl (C=O) groups excluding carboxylic acids is 1. The summed E-state index contributed by atoms with van der Waals surface area (Å²) in [5, 5.41) is 2.86. The number of carbonyl (C=O) groups is 1. The Morgan fingerprint density at radius 1 is 1.17 bits per heavy atom. The summed E-state index contributed by atoms with van der Waals surface area (Å²) in [5.74, 6) is 0.362. The van der Waals surface area contributed by atoms with Crippen LogP contribution in [0.15, 0.2) is 30.3 Å². The van der Waals surface area contributed by atoms with E-state index in [1.165, 1.54) is 18.4 Å². The van der Waals surface area contributed by atoms with Crippen LogP contribution >= 0.6 is 11.6 Å². The van der Waals surface area contributed by atoms with E-state index in [4.69, 9.17) is 23.1 Å². The van der Waals surface area contributed by atoms with Crippen molar-refractivity contribution in [3.63, 3.8) is 0 Å². The number of rotatable bonds is 6. The quantitative estimate of drug-likeness (QED) is 0.333. The highest BCUT2D eigenvalue weighted by atomic mass is 127. The predicted octanol–water partition coefficient (Wildman–Crippen LogP) is -0.872. The van der Waals surface area contributed by atoms with Crippen molar-refractivity contribution in [2.24, 2.45) is 5.92 Å². The summed E-state index contributed by atoms with van der Waals surface area (Å²) in [6.45, 7) is 3.63. The van der Waals surface area contributed by atoms with E-state index in [0.29, 0.717) is 6.54 Å². The molecule has 9 heteroatoms. The fourth-order valence-corrected chi connectivity index (χ4v) is 3.88. The molecule has 1 aliphatic rings. The molecule has 0 bridgehead atoms. The second-order valence-electron chi connectivity index (χ2n) is 7.81. The Hall–Kier alpha value is -1.65. The molecule has 2 aromatic rings. The molecule has 1 amide bonds. The maximum Gasteiger partial charge on any atom is 0.273 e. The number of benzene rings is 1. The Labute approximate surface area is 193 Å². The van der Waals surface area contributed by atoms with Gasteiger partial charge in [0.15, 0.2) is 22.5 Å². The van der Waals surface area contributed by atoms with Gasteiger partial charge >= 0.3 is 0 Å². The highest BCUT2D eigenvalue weighted by Crippen LogP contribution is 2.25. The summed E-state index contributed by atoms with van der Waals surface area (Å²) in [6.07, 6.45) is 3.55. The van der Waals surface area contributed by atoms with Gasteiger partial charge in [0.25, 0.3) is 5.91 Å². The average Bonchev–Trinajstić information content (AvgIpc) is 2.67. The van der Waals surface area contributed by atoms with Gasteiger partial charge in [0, 0.05) is 0 Å². The summed E-state index contributed by atoms with van der Waals surface area (Å²) in [4.78, 5) is 20.1. The molecule has 1 saturated heterocycles. The number of nitrogens with one attached hydrogen (secondary N) is 1. The van der Waals surface area contributed by atoms with Gasteiger partial charge in [-0.2, -0.15) is 0 Å². The number of likely N-dealkylation sites (tertiary alicyclic amines) is 1. The van der Waals surface area contributed by atoms with Gasteiger partial charge < -0.3 is 45.2 Å². The first-order chi connectivity index (χ1) is 13.4. The summed E-state index contributed by atoms with van der Waals surface area (Å²) in [6, 6.07) is 10.7. The van der Waals surface area contributed by atoms with Gasteiger partial charge in [0.1, 0.15) is 0 Å². The van der Waals surface area contributed by atoms with Crippen LogP contribution < -0.4 is 40.8 Å². The maximum absolute atomic E-state index is 12.3. The molecule has 1 aromatic heterocycles. The number of anilines is 2. The van der Waals surface area contributed by atoms with Crippen molar-refractivity contribution in [2.45, 2.75) is 19.3 Å². The molecule has 5 N–H and O–H groups in total. The molecule has 7 nitrogen and oxygen atoms in total. The number of hydrogen-bond donors (Lipinski definition) is 3. The van der Waals surface area contributed by atoms with Crippen molar-refractivity contribution in [3.8, 4) is 0 Å². The van der Waals surface area contributed by atoms with Crippen molar-refractivity contribution in [2.75, 3.05) is 44.7 Å². The number of nitrogens with two attached hydrogens (primary N) is 2. The fourth-order valence-electron chi connectivity index (χ4n) is 3.75. The van der Waals surface area contributed by atoms with Gasteiger partial charge in [0.2, 0.25) is 0 Å². The van der Waals surface area contributed by atoms with Gasteiger partial charge in [-0.25, -0.2) is 9.97 Å². The van der Waals surface area contributed by atoms with Crippen LogP contribution in [0.4, 0.5) is 11.6 Å². The lowest BCUT2D eigenvalue weighted by atomic mass is 9.89. The molecule has 0 spiro atoms. The second-order valence-corrected chi connectivity index (χ2v) is 8.17. The Balaban J connectivity index is 0.00000300. The van der Waals surface area contributed by atoms with Gasteiger partial charge in [-0.3, -0.25) is 4.79 Å². The number of nitrogen functional groups attached to an aromatic ring is 2. The van der Waals surface area contributed by atoms with Gasteiger partial charge in [-0.1, -0.05) is 41.9 Å². The number of piperidine rings is 1. The van der Waals surface area contributed by atoms with Crippen LogP contribution in [0.5, 0.6) is 0 Å². The summed E-state index contributed by atoms with van der Waals surface area (Å²) in [7, 11) is 2.25. The highest BCUT2D eigenvalue weighted by molar-refractivity contribution is 6.31. The standard InChI is InChI=1S/C20H27ClN6O.HI/c1-27(10-7-15(8-11-27)13-14-5-3-2-4-6-14)12-9-24-20(28)16-18(22)26-19(23)17(21)25-16;/h2-6,15H,7-13H2,1H3,(H4-,22,23,24,26,28);1H. The van der Waals surface area contributed by atoms with Crippen LogP contribution in [0.3, 0.4) is 0 Å².